The summed E-state index contributed by atoms with van der Waals surface area (Å²) < 4.78 is 0. The molecule has 1 atom stereocenters. The zero-order valence-electron chi connectivity index (χ0n) is 7.27. The molecule has 1 heterocycles. The highest BCUT2D eigenvalue weighted by molar-refractivity contribution is 5.87. The molecule has 0 unspecified atom stereocenters. The van der Waals surface area contributed by atoms with E-state index in [0.717, 1.165) is 0 Å². The van der Waals surface area contributed by atoms with Crippen molar-refractivity contribution in [3.63, 3.8) is 0 Å². The molecule has 0 aliphatic carbocycles. The Bertz CT molecular complexity index is 238. The number of amides is 1. The van der Waals surface area contributed by atoms with Gasteiger partial charge < -0.3 is 20.6 Å². The van der Waals surface area contributed by atoms with Crippen molar-refractivity contribution in [3.05, 3.63) is 0 Å². The van der Waals surface area contributed by atoms with E-state index in [9.17, 15) is 9.59 Å². The third-order valence-electron chi connectivity index (χ3n) is 1.43. The summed E-state index contributed by atoms with van der Waals surface area (Å²) in [7, 11) is 0. The summed E-state index contributed by atoms with van der Waals surface area (Å²) in [5, 5.41) is 25.6. The van der Waals surface area contributed by atoms with Gasteiger partial charge in [-0.1, -0.05) is 0 Å². The Morgan fingerprint density at radius 3 is 2.07 bits per heavy atom. The number of nitrogens with one attached hydrogen (secondary N) is 1. The van der Waals surface area contributed by atoms with Gasteiger partial charge in [-0.3, -0.25) is 4.79 Å². The van der Waals surface area contributed by atoms with E-state index in [0.29, 0.717) is 12.8 Å². The fourth-order valence-electron chi connectivity index (χ4n) is 0.799. The monoisotopic (exact) mass is 205 g/mol. The van der Waals surface area contributed by atoms with E-state index >= 15 is 0 Å². The Morgan fingerprint density at radius 2 is 1.93 bits per heavy atom. The highest BCUT2D eigenvalue weighted by Crippen LogP contribution is 2.05. The number of carboxylic acids is 2. The normalized spacial score (nSPS) is 19.2. The number of aliphatic carboxylic acids is 2. The van der Waals surface area contributed by atoms with E-state index in [1.54, 1.807) is 0 Å². The summed E-state index contributed by atoms with van der Waals surface area (Å²) >= 11 is 0. The standard InChI is InChI=1S/C5H7NO3.C2H4O3/c7-4-2-1-3(6-4)5(8)9;3-1-2(4)5/h3H,1-2H2,(H,6,7)(H,8,9);3H,1H2,(H,4,5)/t3-;/m0./s1. The first-order valence-corrected chi connectivity index (χ1v) is 3.82. The van der Waals surface area contributed by atoms with Crippen LogP contribution in [-0.2, 0) is 14.4 Å². The van der Waals surface area contributed by atoms with Crippen molar-refractivity contribution >= 4 is 17.8 Å². The minimum absolute atomic E-state index is 0.164. The Morgan fingerprint density at radius 1 is 1.43 bits per heavy atom. The summed E-state index contributed by atoms with van der Waals surface area (Å²) in [5.74, 6) is -2.30. The van der Waals surface area contributed by atoms with Gasteiger partial charge in [0.2, 0.25) is 5.91 Å². The molecule has 0 aromatic heterocycles. The van der Waals surface area contributed by atoms with E-state index in [1.165, 1.54) is 0 Å². The van der Waals surface area contributed by atoms with Crippen LogP contribution in [0.4, 0.5) is 0 Å². The maximum atomic E-state index is 10.4. The minimum Gasteiger partial charge on any atom is -0.480 e. The molecule has 1 saturated heterocycles. The van der Waals surface area contributed by atoms with Crippen LogP contribution in [0, 0.1) is 0 Å². The first kappa shape index (κ1) is 12.4. The van der Waals surface area contributed by atoms with Crippen molar-refractivity contribution in [2.45, 2.75) is 18.9 Å². The van der Waals surface area contributed by atoms with E-state index in [4.69, 9.17) is 20.1 Å². The molecule has 14 heavy (non-hydrogen) atoms. The molecular weight excluding hydrogens is 194 g/mol. The summed E-state index contributed by atoms with van der Waals surface area (Å²) in [6.45, 7) is -0.778. The van der Waals surface area contributed by atoms with E-state index in [2.05, 4.69) is 5.32 Å². The number of aliphatic hydroxyl groups excluding tert-OH is 1. The molecule has 80 valence electrons. The van der Waals surface area contributed by atoms with Crippen molar-refractivity contribution < 1.29 is 29.7 Å². The lowest BCUT2D eigenvalue weighted by molar-refractivity contribution is -0.140. The maximum Gasteiger partial charge on any atom is 0.329 e. The predicted octanol–water partition coefficient (Wildman–Crippen LogP) is -1.59. The fourth-order valence-corrected chi connectivity index (χ4v) is 0.799. The van der Waals surface area contributed by atoms with Crippen molar-refractivity contribution in [3.8, 4) is 0 Å². The van der Waals surface area contributed by atoms with Crippen LogP contribution in [0.2, 0.25) is 0 Å². The topological polar surface area (TPSA) is 124 Å². The van der Waals surface area contributed by atoms with Gasteiger partial charge in [0.1, 0.15) is 12.6 Å². The zero-order chi connectivity index (χ0) is 11.1. The van der Waals surface area contributed by atoms with Crippen LogP contribution in [0.15, 0.2) is 0 Å². The Hall–Kier alpha value is -1.63. The summed E-state index contributed by atoms with van der Waals surface area (Å²) in [6.07, 6.45) is 0.769. The van der Waals surface area contributed by atoms with Crippen molar-refractivity contribution in [2.75, 3.05) is 6.61 Å². The average Bonchev–Trinajstić information content (AvgIpc) is 2.53. The third-order valence-corrected chi connectivity index (χ3v) is 1.43. The molecule has 0 bridgehead atoms. The van der Waals surface area contributed by atoms with Gasteiger partial charge in [-0.05, 0) is 6.42 Å². The van der Waals surface area contributed by atoms with Gasteiger partial charge in [0.05, 0.1) is 0 Å². The first-order chi connectivity index (χ1) is 6.47. The van der Waals surface area contributed by atoms with Crippen LogP contribution in [0.25, 0.3) is 0 Å². The molecule has 0 aromatic rings. The molecule has 0 saturated carbocycles. The average molecular weight is 205 g/mol. The van der Waals surface area contributed by atoms with Gasteiger partial charge in [-0.25, -0.2) is 9.59 Å². The Labute approximate surface area is 79.3 Å². The molecule has 1 aliphatic rings. The molecule has 0 aromatic carbocycles. The second kappa shape index (κ2) is 5.92. The molecule has 1 fully saturated rings. The molecule has 1 rings (SSSR count). The van der Waals surface area contributed by atoms with E-state index in [-0.39, 0.29) is 5.91 Å². The van der Waals surface area contributed by atoms with Gasteiger partial charge in [-0.15, -0.1) is 0 Å². The number of rotatable bonds is 2. The number of carbonyl (C=O) groups excluding carboxylic acids is 1. The molecule has 0 radical (unpaired) electrons. The molecule has 1 amide bonds. The molecule has 7 nitrogen and oxygen atoms in total. The van der Waals surface area contributed by atoms with Crippen LogP contribution in [0.5, 0.6) is 0 Å². The Kier molecular flexibility index (Phi) is 5.23. The quantitative estimate of drug-likeness (QED) is 0.431. The van der Waals surface area contributed by atoms with Crippen LogP contribution in [-0.4, -0.2) is 45.8 Å². The van der Waals surface area contributed by atoms with Crippen molar-refractivity contribution in [2.24, 2.45) is 0 Å². The smallest absolute Gasteiger partial charge is 0.329 e. The number of hydrogen-bond acceptors (Lipinski definition) is 4. The molecule has 7 heteroatoms. The second-order valence-corrected chi connectivity index (χ2v) is 2.55. The van der Waals surface area contributed by atoms with Gasteiger partial charge in [0.25, 0.3) is 0 Å². The van der Waals surface area contributed by atoms with Gasteiger partial charge in [0.15, 0.2) is 0 Å². The molecular formula is C7H11NO6. The van der Waals surface area contributed by atoms with Gasteiger partial charge in [0, 0.05) is 6.42 Å². The lowest BCUT2D eigenvalue weighted by atomic mass is 10.2. The van der Waals surface area contributed by atoms with Crippen LogP contribution in [0.3, 0.4) is 0 Å². The Balaban J connectivity index is 0.000000292. The van der Waals surface area contributed by atoms with Gasteiger partial charge >= 0.3 is 11.9 Å². The van der Waals surface area contributed by atoms with Crippen molar-refractivity contribution in [1.29, 1.82) is 0 Å². The molecule has 0 spiro atoms. The van der Waals surface area contributed by atoms with E-state index in [1.807, 2.05) is 0 Å². The first-order valence-electron chi connectivity index (χ1n) is 3.82. The molecule has 1 aliphatic heterocycles. The number of aliphatic hydroxyl groups is 1. The minimum atomic E-state index is -1.19. The SMILES string of the molecule is O=C(O)CO.O=C1CC[C@@H](C(=O)O)N1. The van der Waals surface area contributed by atoms with Crippen LogP contribution < -0.4 is 5.32 Å². The third kappa shape index (κ3) is 5.09. The van der Waals surface area contributed by atoms with E-state index < -0.39 is 24.6 Å². The van der Waals surface area contributed by atoms with Gasteiger partial charge in [-0.2, -0.15) is 0 Å². The molecule has 4 N–H and O–H groups in total. The zero-order valence-corrected chi connectivity index (χ0v) is 7.27. The lowest BCUT2D eigenvalue weighted by Gasteiger charge is -1.99. The predicted molar refractivity (Wildman–Crippen MR) is 43.5 cm³/mol. The summed E-state index contributed by atoms with van der Waals surface area (Å²) in [4.78, 5) is 29.6. The second-order valence-electron chi connectivity index (χ2n) is 2.55. The van der Waals surface area contributed by atoms with Crippen LogP contribution in [0.1, 0.15) is 12.8 Å². The lowest BCUT2D eigenvalue weighted by Crippen LogP contribution is -2.32. The largest absolute Gasteiger partial charge is 0.480 e. The maximum absolute atomic E-state index is 10.4. The number of hydrogen-bond donors (Lipinski definition) is 4. The highest BCUT2D eigenvalue weighted by Gasteiger charge is 2.26. The van der Waals surface area contributed by atoms with Crippen molar-refractivity contribution in [1.82, 2.24) is 5.32 Å². The number of carbonyl (C=O) groups is 3. The summed E-state index contributed by atoms with van der Waals surface area (Å²) in [6, 6.07) is -0.641. The number of carboxylic acid groups (broad SMARTS) is 2. The van der Waals surface area contributed by atoms with Crippen LogP contribution >= 0.6 is 0 Å². The highest BCUT2D eigenvalue weighted by atomic mass is 16.4. The fraction of sp³-hybridized carbons (Fsp3) is 0.571. The summed E-state index contributed by atoms with van der Waals surface area (Å²) in [5.41, 5.74) is 0.